The minimum absolute atomic E-state index is 0.0519. The lowest BCUT2D eigenvalue weighted by molar-refractivity contribution is -0.144. The molecule has 106 valence electrons. The Morgan fingerprint density at radius 2 is 1.29 bits per heavy atom. The maximum atomic E-state index is 11.2. The molecule has 1 unspecified atom stereocenters. The molecule has 0 aromatic carbocycles. The molecule has 0 aliphatic heterocycles. The second kappa shape index (κ2) is 20.5. The molecule has 17 heavy (non-hydrogen) atoms. The van der Waals surface area contributed by atoms with E-state index in [4.69, 9.17) is 0 Å². The molecule has 3 nitrogen and oxygen atoms in total. The van der Waals surface area contributed by atoms with E-state index in [-0.39, 0.29) is 17.7 Å². The molecular formula is C14H33NO2. The normalized spacial score (nSPS) is 9.06. The summed E-state index contributed by atoms with van der Waals surface area (Å²) < 4.78 is 0. The average molecular weight is 247 g/mol. The van der Waals surface area contributed by atoms with Gasteiger partial charge in [-0.2, -0.15) is 0 Å². The van der Waals surface area contributed by atoms with Gasteiger partial charge in [0.2, 0.25) is 11.8 Å². The minimum atomic E-state index is -0.199. The summed E-state index contributed by atoms with van der Waals surface area (Å²) in [4.78, 5) is 23.1. The molecule has 0 spiro atoms. The van der Waals surface area contributed by atoms with Crippen molar-refractivity contribution in [3.63, 3.8) is 0 Å². The highest BCUT2D eigenvalue weighted by Gasteiger charge is 2.17. The Kier molecular flexibility index (Phi) is 30.3. The van der Waals surface area contributed by atoms with Gasteiger partial charge in [0, 0.05) is 19.9 Å². The molecular weight excluding hydrogens is 214 g/mol. The van der Waals surface area contributed by atoms with Crippen molar-refractivity contribution in [2.24, 2.45) is 5.92 Å². The Bertz CT molecular complexity index is 168. The predicted octanol–water partition coefficient (Wildman–Crippen LogP) is 4.12. The second-order valence-electron chi connectivity index (χ2n) is 2.73. The zero-order valence-corrected chi connectivity index (χ0v) is 13.5. The fourth-order valence-electron chi connectivity index (χ4n) is 0.660. The van der Waals surface area contributed by atoms with Gasteiger partial charge in [0.25, 0.3) is 0 Å². The van der Waals surface area contributed by atoms with Crippen LogP contribution in [0.2, 0.25) is 0 Å². The summed E-state index contributed by atoms with van der Waals surface area (Å²) in [6.45, 7) is 17.1. The van der Waals surface area contributed by atoms with Crippen molar-refractivity contribution in [1.29, 1.82) is 0 Å². The number of carbonyl (C=O) groups is 2. The molecule has 1 atom stereocenters. The van der Waals surface area contributed by atoms with Gasteiger partial charge in [-0.1, -0.05) is 55.4 Å². The Hall–Kier alpha value is -0.860. The summed E-state index contributed by atoms with van der Waals surface area (Å²) in [7, 11) is 1.51. The van der Waals surface area contributed by atoms with E-state index in [0.29, 0.717) is 0 Å². The van der Waals surface area contributed by atoms with Crippen LogP contribution in [-0.2, 0) is 9.59 Å². The van der Waals surface area contributed by atoms with Gasteiger partial charge in [0.1, 0.15) is 0 Å². The number of hydrogen-bond donors (Lipinski definition) is 0. The molecule has 3 heteroatoms. The lowest BCUT2D eigenvalue weighted by Gasteiger charge is -2.16. The first-order valence-electron chi connectivity index (χ1n) is 6.78. The Balaban J connectivity index is -0.000000121. The molecule has 0 aliphatic rings. The van der Waals surface area contributed by atoms with Gasteiger partial charge in [0.15, 0.2) is 0 Å². The van der Waals surface area contributed by atoms with Crippen molar-refractivity contribution < 1.29 is 9.59 Å². The van der Waals surface area contributed by atoms with E-state index in [9.17, 15) is 9.59 Å². The highest BCUT2D eigenvalue weighted by Crippen LogP contribution is 2.04. The van der Waals surface area contributed by atoms with Crippen molar-refractivity contribution in [2.45, 2.75) is 68.7 Å². The van der Waals surface area contributed by atoms with Crippen LogP contribution in [0.1, 0.15) is 68.7 Å². The summed E-state index contributed by atoms with van der Waals surface area (Å²) in [5, 5.41) is 0. The van der Waals surface area contributed by atoms with Gasteiger partial charge in [-0.05, 0) is 6.42 Å². The van der Waals surface area contributed by atoms with Crippen LogP contribution < -0.4 is 0 Å². The molecule has 0 saturated heterocycles. The molecule has 0 fully saturated rings. The zero-order chi connectivity index (χ0) is 15.0. The van der Waals surface area contributed by atoms with Crippen molar-refractivity contribution in [3.05, 3.63) is 0 Å². The van der Waals surface area contributed by atoms with Crippen LogP contribution in [0.25, 0.3) is 0 Å². The van der Waals surface area contributed by atoms with Crippen molar-refractivity contribution in [1.82, 2.24) is 4.90 Å². The van der Waals surface area contributed by atoms with E-state index in [1.54, 1.807) is 0 Å². The van der Waals surface area contributed by atoms with Gasteiger partial charge in [0.05, 0.1) is 0 Å². The molecule has 0 saturated carbocycles. The van der Waals surface area contributed by atoms with Crippen LogP contribution in [-0.4, -0.2) is 23.8 Å². The molecule has 2 amide bonds. The van der Waals surface area contributed by atoms with E-state index < -0.39 is 0 Å². The first-order chi connectivity index (χ1) is 8.00. The van der Waals surface area contributed by atoms with E-state index >= 15 is 0 Å². The number of hydrogen-bond acceptors (Lipinski definition) is 2. The fraction of sp³-hybridized carbons (Fsp3) is 0.857. The van der Waals surface area contributed by atoms with E-state index in [2.05, 4.69) is 0 Å². The van der Waals surface area contributed by atoms with Gasteiger partial charge < -0.3 is 0 Å². The molecule has 0 N–H and O–H groups in total. The summed E-state index contributed by atoms with van der Waals surface area (Å²) in [6.07, 6.45) is 0.774. The summed E-state index contributed by atoms with van der Waals surface area (Å²) in [6, 6.07) is 0. The van der Waals surface area contributed by atoms with Gasteiger partial charge in [-0.3, -0.25) is 14.5 Å². The smallest absolute Gasteiger partial charge is 0.231 e. The number of amides is 2. The Morgan fingerprint density at radius 3 is 1.47 bits per heavy atom. The first kappa shape index (κ1) is 25.1. The van der Waals surface area contributed by atoms with Gasteiger partial charge >= 0.3 is 0 Å². The molecule has 0 aromatic heterocycles. The molecule has 0 bridgehead atoms. The number of carbonyl (C=O) groups excluding carboxylic acids is 2. The first-order valence-corrected chi connectivity index (χ1v) is 6.78. The predicted molar refractivity (Wildman–Crippen MR) is 77.0 cm³/mol. The summed E-state index contributed by atoms with van der Waals surface area (Å²) in [5.41, 5.74) is 0. The van der Waals surface area contributed by atoms with Crippen LogP contribution in [0.3, 0.4) is 0 Å². The third kappa shape index (κ3) is 15.1. The number of nitrogens with zero attached hydrogens (tertiary/aromatic N) is 1. The van der Waals surface area contributed by atoms with Crippen LogP contribution in [0.15, 0.2) is 0 Å². The lowest BCUT2D eigenvalue weighted by atomic mass is 10.1. The average Bonchev–Trinajstić information content (AvgIpc) is 2.42. The molecule has 0 radical (unpaired) electrons. The molecule has 0 aromatic rings. The SMILES string of the molecule is CC.CC.CC.CCC(C)C(=O)N(C)C(C)=O. The van der Waals surface area contributed by atoms with Crippen LogP contribution in [0, 0.1) is 5.92 Å². The monoisotopic (exact) mass is 247 g/mol. The molecule has 0 rings (SSSR count). The minimum Gasteiger partial charge on any atom is -0.286 e. The summed E-state index contributed by atoms with van der Waals surface area (Å²) >= 11 is 0. The quantitative estimate of drug-likeness (QED) is 0.736. The van der Waals surface area contributed by atoms with Gasteiger partial charge in [-0.15, -0.1) is 0 Å². The Morgan fingerprint density at radius 1 is 1.00 bits per heavy atom. The van der Waals surface area contributed by atoms with Crippen molar-refractivity contribution in [3.8, 4) is 0 Å². The van der Waals surface area contributed by atoms with Crippen LogP contribution in [0.5, 0.6) is 0 Å². The fourth-order valence-corrected chi connectivity index (χ4v) is 0.660. The van der Waals surface area contributed by atoms with Crippen LogP contribution >= 0.6 is 0 Å². The number of imide groups is 1. The van der Waals surface area contributed by atoms with E-state index in [0.717, 1.165) is 11.3 Å². The van der Waals surface area contributed by atoms with Crippen LogP contribution in [0.4, 0.5) is 0 Å². The van der Waals surface area contributed by atoms with E-state index in [1.165, 1.54) is 14.0 Å². The third-order valence-corrected chi connectivity index (χ3v) is 1.84. The topological polar surface area (TPSA) is 37.4 Å². The summed E-state index contributed by atoms with van der Waals surface area (Å²) in [5.74, 6) is -0.348. The highest BCUT2D eigenvalue weighted by atomic mass is 16.2. The largest absolute Gasteiger partial charge is 0.286 e. The van der Waals surface area contributed by atoms with Gasteiger partial charge in [-0.25, -0.2) is 0 Å². The van der Waals surface area contributed by atoms with E-state index in [1.807, 2.05) is 55.4 Å². The standard InChI is InChI=1S/C8H15NO2.3C2H6/c1-5-6(2)8(11)9(4)7(3)10;3*1-2/h6H,5H2,1-4H3;3*1-2H3. The molecule has 0 heterocycles. The highest BCUT2D eigenvalue weighted by molar-refractivity contribution is 5.94. The van der Waals surface area contributed by atoms with Crippen molar-refractivity contribution >= 4 is 11.8 Å². The number of rotatable bonds is 2. The van der Waals surface area contributed by atoms with Crippen molar-refractivity contribution in [2.75, 3.05) is 7.05 Å². The maximum Gasteiger partial charge on any atom is 0.231 e. The zero-order valence-electron chi connectivity index (χ0n) is 13.5. The lowest BCUT2D eigenvalue weighted by Crippen LogP contribution is -2.34. The molecule has 0 aliphatic carbocycles. The Labute approximate surface area is 109 Å². The second-order valence-corrected chi connectivity index (χ2v) is 2.73. The maximum absolute atomic E-state index is 11.2. The third-order valence-electron chi connectivity index (χ3n) is 1.84.